The van der Waals surface area contributed by atoms with Crippen molar-refractivity contribution in [3.05, 3.63) is 63.8 Å². The maximum atomic E-state index is 12.5. The topological polar surface area (TPSA) is 134 Å². The number of nitrogens with zero attached hydrogens (tertiary/aromatic N) is 3. The van der Waals surface area contributed by atoms with Crippen molar-refractivity contribution in [2.24, 2.45) is 0 Å². The third-order valence-electron chi connectivity index (χ3n) is 3.56. The van der Waals surface area contributed by atoms with E-state index in [1.807, 2.05) is 18.2 Å². The number of aromatic nitrogens is 2. The number of carbonyl (C=O) groups is 2. The number of nitrogens with one attached hydrogen (secondary N) is 1. The SMILES string of the molecule is CC(C)(C)OC(=O)NC(CC#Cc1ccc([N+](=O)[O-])nn1)C(=O)OCc1ccccc1. The summed E-state index contributed by atoms with van der Waals surface area (Å²) in [5.41, 5.74) is 0.223. The van der Waals surface area contributed by atoms with Crippen LogP contribution in [0, 0.1) is 22.0 Å². The maximum Gasteiger partial charge on any atom is 0.408 e. The lowest BCUT2D eigenvalue weighted by Crippen LogP contribution is -2.44. The maximum absolute atomic E-state index is 12.5. The minimum absolute atomic E-state index is 0.0351. The number of hydrogen-bond acceptors (Lipinski definition) is 8. The van der Waals surface area contributed by atoms with Crippen LogP contribution in [0.15, 0.2) is 42.5 Å². The molecule has 0 bridgehead atoms. The van der Waals surface area contributed by atoms with Crippen molar-refractivity contribution in [2.45, 2.75) is 45.4 Å². The van der Waals surface area contributed by atoms with Crippen LogP contribution in [-0.4, -0.2) is 38.8 Å². The van der Waals surface area contributed by atoms with E-state index >= 15 is 0 Å². The van der Waals surface area contributed by atoms with Crippen LogP contribution in [0.25, 0.3) is 0 Å². The summed E-state index contributed by atoms with van der Waals surface area (Å²) in [7, 11) is 0. The number of esters is 1. The highest BCUT2D eigenvalue weighted by molar-refractivity contribution is 5.81. The molecule has 0 radical (unpaired) electrons. The molecule has 31 heavy (non-hydrogen) atoms. The van der Waals surface area contributed by atoms with Crippen LogP contribution < -0.4 is 5.32 Å². The zero-order chi connectivity index (χ0) is 22.9. The van der Waals surface area contributed by atoms with Crippen molar-refractivity contribution >= 4 is 17.9 Å². The van der Waals surface area contributed by atoms with E-state index in [2.05, 4.69) is 27.4 Å². The normalized spacial score (nSPS) is 11.5. The molecule has 0 aliphatic rings. The van der Waals surface area contributed by atoms with Gasteiger partial charge in [-0.15, -0.1) is 0 Å². The second kappa shape index (κ2) is 10.7. The van der Waals surface area contributed by atoms with Crippen LogP contribution >= 0.6 is 0 Å². The minimum atomic E-state index is -1.09. The Kier molecular flexibility index (Phi) is 8.02. The monoisotopic (exact) mass is 426 g/mol. The van der Waals surface area contributed by atoms with Gasteiger partial charge in [0.25, 0.3) is 0 Å². The van der Waals surface area contributed by atoms with Crippen molar-refractivity contribution in [1.29, 1.82) is 0 Å². The van der Waals surface area contributed by atoms with E-state index in [4.69, 9.17) is 9.47 Å². The van der Waals surface area contributed by atoms with Crippen LogP contribution in [0.1, 0.15) is 38.4 Å². The molecular weight excluding hydrogens is 404 g/mol. The summed E-state index contributed by atoms with van der Waals surface area (Å²) < 4.78 is 10.5. The highest BCUT2D eigenvalue weighted by Crippen LogP contribution is 2.09. The second-order valence-electron chi connectivity index (χ2n) is 7.33. The molecule has 0 spiro atoms. The summed E-state index contributed by atoms with van der Waals surface area (Å²) in [5, 5.41) is 20.1. The Morgan fingerprint density at radius 1 is 1.16 bits per heavy atom. The molecule has 10 nitrogen and oxygen atoms in total. The third kappa shape index (κ3) is 8.49. The van der Waals surface area contributed by atoms with Gasteiger partial charge in [-0.05, 0) is 48.3 Å². The van der Waals surface area contributed by atoms with Gasteiger partial charge in [-0.1, -0.05) is 36.3 Å². The van der Waals surface area contributed by atoms with E-state index in [1.165, 1.54) is 12.1 Å². The van der Waals surface area contributed by atoms with Crippen molar-refractivity contribution in [3.63, 3.8) is 0 Å². The predicted molar refractivity (Wildman–Crippen MR) is 110 cm³/mol. The minimum Gasteiger partial charge on any atom is -0.459 e. The van der Waals surface area contributed by atoms with Gasteiger partial charge in [-0.2, -0.15) is 0 Å². The van der Waals surface area contributed by atoms with Gasteiger partial charge in [-0.3, -0.25) is 0 Å². The number of rotatable bonds is 6. The van der Waals surface area contributed by atoms with E-state index in [1.54, 1.807) is 32.9 Å². The van der Waals surface area contributed by atoms with Gasteiger partial charge in [0.2, 0.25) is 0 Å². The molecule has 10 heteroatoms. The molecular formula is C21H22N4O6. The molecule has 1 atom stereocenters. The number of ether oxygens (including phenoxy) is 2. The molecule has 2 aromatic rings. The fourth-order valence-corrected chi connectivity index (χ4v) is 2.21. The Morgan fingerprint density at radius 3 is 2.45 bits per heavy atom. The molecule has 1 N–H and O–H groups in total. The van der Waals surface area contributed by atoms with Crippen molar-refractivity contribution in [2.75, 3.05) is 0 Å². The molecule has 1 heterocycles. The fourth-order valence-electron chi connectivity index (χ4n) is 2.21. The standard InChI is InChI=1S/C21H22N4O6/c1-21(2,3)31-20(27)22-17(19(26)30-14-15-8-5-4-6-9-15)11-7-10-16-12-13-18(24-23-16)25(28)29/h4-6,8-9,12-13,17H,11,14H2,1-3H3,(H,22,27). The largest absolute Gasteiger partial charge is 0.459 e. The number of carbonyl (C=O) groups excluding carboxylic acids is 2. The van der Waals surface area contributed by atoms with Crippen LogP contribution in [0.3, 0.4) is 0 Å². The average Bonchev–Trinajstić information content (AvgIpc) is 2.71. The Bertz CT molecular complexity index is 975. The molecule has 1 aromatic heterocycles. The summed E-state index contributed by atoms with van der Waals surface area (Å²) in [4.78, 5) is 34.6. The van der Waals surface area contributed by atoms with Gasteiger partial charge in [-0.25, -0.2) is 9.59 Å². The Hall–Kier alpha value is -4.00. The van der Waals surface area contributed by atoms with Gasteiger partial charge in [0.05, 0.1) is 5.10 Å². The Labute approximate surface area is 179 Å². The molecule has 0 saturated carbocycles. The molecule has 162 valence electrons. The number of amides is 1. The number of alkyl carbamates (subject to hydrolysis) is 1. The Balaban J connectivity index is 2.06. The van der Waals surface area contributed by atoms with Crippen LogP contribution in [0.5, 0.6) is 0 Å². The molecule has 0 aliphatic carbocycles. The quantitative estimate of drug-likeness (QED) is 0.323. The van der Waals surface area contributed by atoms with Crippen LogP contribution in [0.4, 0.5) is 10.6 Å². The Morgan fingerprint density at radius 2 is 1.87 bits per heavy atom. The lowest BCUT2D eigenvalue weighted by Gasteiger charge is -2.22. The summed E-state index contributed by atoms with van der Waals surface area (Å²) in [5.74, 6) is 4.26. The van der Waals surface area contributed by atoms with Gasteiger partial charge < -0.3 is 24.9 Å². The second-order valence-corrected chi connectivity index (χ2v) is 7.33. The van der Waals surface area contributed by atoms with Crippen molar-refractivity contribution in [1.82, 2.24) is 15.5 Å². The van der Waals surface area contributed by atoms with E-state index in [9.17, 15) is 19.7 Å². The first kappa shape index (κ1) is 23.3. The van der Waals surface area contributed by atoms with Gasteiger partial charge >= 0.3 is 17.9 Å². The summed E-state index contributed by atoms with van der Waals surface area (Å²) in [6, 6.07) is 10.5. The van der Waals surface area contributed by atoms with Gasteiger partial charge in [0.15, 0.2) is 5.69 Å². The number of hydrogen-bond donors (Lipinski definition) is 1. The molecule has 0 saturated heterocycles. The lowest BCUT2D eigenvalue weighted by atomic mass is 10.2. The summed E-state index contributed by atoms with van der Waals surface area (Å²) in [6.07, 6.45) is -0.878. The number of benzene rings is 1. The van der Waals surface area contributed by atoms with E-state index < -0.39 is 34.4 Å². The first-order chi connectivity index (χ1) is 14.6. The van der Waals surface area contributed by atoms with E-state index in [0.29, 0.717) is 0 Å². The van der Waals surface area contributed by atoms with Crippen molar-refractivity contribution < 1.29 is 24.0 Å². The highest BCUT2D eigenvalue weighted by atomic mass is 16.6. The zero-order valence-electron chi connectivity index (χ0n) is 17.3. The zero-order valence-corrected chi connectivity index (χ0v) is 17.3. The molecule has 0 fully saturated rings. The van der Waals surface area contributed by atoms with Crippen LogP contribution in [0.2, 0.25) is 0 Å². The molecule has 0 aliphatic heterocycles. The molecule has 1 unspecified atom stereocenters. The first-order valence-electron chi connectivity index (χ1n) is 9.31. The van der Waals surface area contributed by atoms with Gasteiger partial charge in [0.1, 0.15) is 18.2 Å². The average molecular weight is 426 g/mol. The van der Waals surface area contributed by atoms with Gasteiger partial charge in [0, 0.05) is 12.5 Å². The van der Waals surface area contributed by atoms with Crippen molar-refractivity contribution in [3.8, 4) is 11.8 Å². The van der Waals surface area contributed by atoms with E-state index in [0.717, 1.165) is 5.56 Å². The molecule has 2 rings (SSSR count). The lowest BCUT2D eigenvalue weighted by molar-refractivity contribution is -0.390. The highest BCUT2D eigenvalue weighted by Gasteiger charge is 2.25. The third-order valence-corrected chi connectivity index (χ3v) is 3.56. The number of nitro groups is 1. The summed E-state index contributed by atoms with van der Waals surface area (Å²) >= 11 is 0. The van der Waals surface area contributed by atoms with Crippen LogP contribution in [-0.2, 0) is 20.9 Å². The predicted octanol–water partition coefficient (Wildman–Crippen LogP) is 2.76. The van der Waals surface area contributed by atoms with E-state index in [-0.39, 0.29) is 18.7 Å². The first-order valence-corrected chi connectivity index (χ1v) is 9.31. The molecule has 1 aromatic carbocycles. The summed E-state index contributed by atoms with van der Waals surface area (Å²) in [6.45, 7) is 5.13. The smallest absolute Gasteiger partial charge is 0.408 e. The molecule has 1 amide bonds. The fraction of sp³-hybridized carbons (Fsp3) is 0.333.